The minimum absolute atomic E-state index is 0.107. The minimum Gasteiger partial charge on any atom is -0.465 e. The Morgan fingerprint density at radius 3 is 2.67 bits per heavy atom. The highest BCUT2D eigenvalue weighted by atomic mass is 32.2. The van der Waals surface area contributed by atoms with E-state index in [1.165, 1.54) is 23.1 Å². The van der Waals surface area contributed by atoms with Crippen LogP contribution in [0.15, 0.2) is 4.34 Å². The maximum atomic E-state index is 11.5. The van der Waals surface area contributed by atoms with Crippen molar-refractivity contribution in [3.8, 4) is 0 Å². The molecule has 0 aromatic carbocycles. The quantitative estimate of drug-likeness (QED) is 0.409. The summed E-state index contributed by atoms with van der Waals surface area (Å²) in [5.41, 5.74) is 0. The number of carbonyl (C=O) groups is 3. The number of rotatable bonds is 8. The van der Waals surface area contributed by atoms with Gasteiger partial charge in [-0.3, -0.25) is 14.4 Å². The number of anilines is 1. The molecule has 8 nitrogen and oxygen atoms in total. The number of esters is 1. The van der Waals surface area contributed by atoms with Crippen molar-refractivity contribution in [2.24, 2.45) is 0 Å². The van der Waals surface area contributed by atoms with Crippen molar-refractivity contribution < 1.29 is 19.1 Å². The van der Waals surface area contributed by atoms with Gasteiger partial charge in [-0.15, -0.1) is 10.2 Å². The Bertz CT molecular complexity index is 506. The molecule has 1 aromatic rings. The summed E-state index contributed by atoms with van der Waals surface area (Å²) in [6.07, 6.45) is 0.359. The minimum atomic E-state index is -0.476. The third-order valence-corrected chi connectivity index (χ3v) is 4.01. The number of hydrogen-bond acceptors (Lipinski definition) is 8. The van der Waals surface area contributed by atoms with Crippen LogP contribution in [0.25, 0.3) is 0 Å². The number of thioether (sulfide) groups is 1. The normalized spacial score (nSPS) is 10.0. The molecule has 0 unspecified atom stereocenters. The van der Waals surface area contributed by atoms with Gasteiger partial charge in [0, 0.05) is 6.42 Å². The molecule has 1 heterocycles. The Hall–Kier alpha value is -1.68. The predicted molar refractivity (Wildman–Crippen MR) is 79.2 cm³/mol. The van der Waals surface area contributed by atoms with Gasteiger partial charge in [-0.2, -0.15) is 0 Å². The van der Waals surface area contributed by atoms with E-state index in [9.17, 15) is 14.4 Å². The lowest BCUT2D eigenvalue weighted by molar-refractivity contribution is -0.143. The molecule has 0 fully saturated rings. The van der Waals surface area contributed by atoms with Gasteiger partial charge in [0.1, 0.15) is 6.54 Å². The SMILES string of the molecule is CCOC(=O)CNC(=O)CSc1nnc(NC(=O)CC)s1. The Morgan fingerprint density at radius 1 is 1.24 bits per heavy atom. The molecular formula is C11H16N4O4S2. The molecule has 2 N–H and O–H groups in total. The summed E-state index contributed by atoms with van der Waals surface area (Å²) < 4.78 is 5.25. The summed E-state index contributed by atoms with van der Waals surface area (Å²) in [5.74, 6) is -0.816. The third-order valence-electron chi connectivity index (χ3n) is 2.04. The van der Waals surface area contributed by atoms with Gasteiger partial charge in [0.05, 0.1) is 12.4 Å². The Labute approximate surface area is 130 Å². The summed E-state index contributed by atoms with van der Waals surface area (Å²) in [7, 11) is 0. The fourth-order valence-electron chi connectivity index (χ4n) is 1.09. The van der Waals surface area contributed by atoms with Crippen molar-refractivity contribution in [2.45, 2.75) is 24.6 Å². The monoisotopic (exact) mass is 332 g/mol. The van der Waals surface area contributed by atoms with E-state index in [2.05, 4.69) is 25.6 Å². The molecule has 2 amide bonds. The highest BCUT2D eigenvalue weighted by Crippen LogP contribution is 2.25. The van der Waals surface area contributed by atoms with Crippen LogP contribution in [0.3, 0.4) is 0 Å². The van der Waals surface area contributed by atoms with Crippen molar-refractivity contribution >= 4 is 46.0 Å². The molecule has 116 valence electrons. The molecule has 21 heavy (non-hydrogen) atoms. The van der Waals surface area contributed by atoms with Crippen LogP contribution in [0.4, 0.5) is 5.13 Å². The largest absolute Gasteiger partial charge is 0.465 e. The topological polar surface area (TPSA) is 110 Å². The Morgan fingerprint density at radius 2 is 2.00 bits per heavy atom. The van der Waals surface area contributed by atoms with E-state index in [0.29, 0.717) is 15.9 Å². The van der Waals surface area contributed by atoms with Crippen LogP contribution < -0.4 is 10.6 Å². The molecule has 0 bridgehead atoms. The summed E-state index contributed by atoms with van der Waals surface area (Å²) in [6.45, 7) is 3.56. The second kappa shape index (κ2) is 9.29. The molecule has 0 aliphatic heterocycles. The lowest BCUT2D eigenvalue weighted by Gasteiger charge is -2.03. The number of nitrogens with one attached hydrogen (secondary N) is 2. The predicted octanol–water partition coefficient (Wildman–Crippen LogP) is 0.658. The van der Waals surface area contributed by atoms with Gasteiger partial charge in [0.25, 0.3) is 0 Å². The molecule has 0 spiro atoms. The molecule has 0 atom stereocenters. The van der Waals surface area contributed by atoms with E-state index in [1.807, 2.05) is 0 Å². The average Bonchev–Trinajstić information content (AvgIpc) is 2.90. The smallest absolute Gasteiger partial charge is 0.325 e. The zero-order chi connectivity index (χ0) is 15.7. The van der Waals surface area contributed by atoms with Crippen molar-refractivity contribution in [1.82, 2.24) is 15.5 Å². The standard InChI is InChI=1S/C11H16N4O4S2/c1-3-7(16)13-10-14-15-11(21-10)20-6-8(17)12-5-9(18)19-4-2/h3-6H2,1-2H3,(H,12,17)(H,13,14,16). The number of ether oxygens (including phenoxy) is 1. The molecule has 1 rings (SSSR count). The van der Waals surface area contributed by atoms with Gasteiger partial charge in [0.2, 0.25) is 16.9 Å². The van der Waals surface area contributed by atoms with Gasteiger partial charge >= 0.3 is 5.97 Å². The first kappa shape index (κ1) is 17.4. The number of aromatic nitrogens is 2. The van der Waals surface area contributed by atoms with Gasteiger partial charge in [-0.25, -0.2) is 0 Å². The first-order valence-electron chi connectivity index (χ1n) is 6.23. The van der Waals surface area contributed by atoms with Crippen molar-refractivity contribution in [2.75, 3.05) is 24.2 Å². The van der Waals surface area contributed by atoms with Gasteiger partial charge in [-0.05, 0) is 6.92 Å². The second-order valence-corrected chi connectivity index (χ2v) is 5.85. The number of nitrogens with zero attached hydrogens (tertiary/aromatic N) is 2. The molecular weight excluding hydrogens is 316 g/mol. The first-order chi connectivity index (χ1) is 10.0. The van der Waals surface area contributed by atoms with Crippen LogP contribution in [0.1, 0.15) is 20.3 Å². The van der Waals surface area contributed by atoms with Gasteiger partial charge in [-0.1, -0.05) is 30.0 Å². The summed E-state index contributed by atoms with van der Waals surface area (Å²) in [5, 5.41) is 13.1. The lowest BCUT2D eigenvalue weighted by atomic mass is 10.5. The van der Waals surface area contributed by atoms with Crippen molar-refractivity contribution in [1.29, 1.82) is 0 Å². The highest BCUT2D eigenvalue weighted by molar-refractivity contribution is 8.01. The maximum Gasteiger partial charge on any atom is 0.325 e. The number of hydrogen-bond donors (Lipinski definition) is 2. The lowest BCUT2D eigenvalue weighted by Crippen LogP contribution is -2.31. The van der Waals surface area contributed by atoms with Crippen molar-refractivity contribution in [3.05, 3.63) is 0 Å². The van der Waals surface area contributed by atoms with Crippen LogP contribution in [-0.4, -0.2) is 46.9 Å². The molecule has 0 radical (unpaired) electrons. The van der Waals surface area contributed by atoms with E-state index in [1.54, 1.807) is 13.8 Å². The molecule has 1 aromatic heterocycles. The zero-order valence-corrected chi connectivity index (χ0v) is 13.3. The first-order valence-corrected chi connectivity index (χ1v) is 8.03. The molecule has 0 aliphatic carbocycles. The van der Waals surface area contributed by atoms with E-state index in [0.717, 1.165) is 0 Å². The molecule has 0 saturated heterocycles. The molecule has 0 saturated carbocycles. The van der Waals surface area contributed by atoms with E-state index >= 15 is 0 Å². The van der Waals surface area contributed by atoms with Crippen LogP contribution in [0, 0.1) is 0 Å². The van der Waals surface area contributed by atoms with Crippen molar-refractivity contribution in [3.63, 3.8) is 0 Å². The van der Waals surface area contributed by atoms with E-state index in [-0.39, 0.29) is 30.7 Å². The summed E-state index contributed by atoms with van der Waals surface area (Å²) in [6, 6.07) is 0. The van der Waals surface area contributed by atoms with Crippen LogP contribution in [0.2, 0.25) is 0 Å². The maximum absolute atomic E-state index is 11.5. The fraction of sp³-hybridized carbons (Fsp3) is 0.545. The zero-order valence-electron chi connectivity index (χ0n) is 11.7. The number of amides is 2. The third kappa shape index (κ3) is 7.04. The highest BCUT2D eigenvalue weighted by Gasteiger charge is 2.10. The summed E-state index contributed by atoms with van der Waals surface area (Å²) >= 11 is 2.37. The summed E-state index contributed by atoms with van der Waals surface area (Å²) in [4.78, 5) is 33.7. The second-order valence-electron chi connectivity index (χ2n) is 3.65. The molecule has 0 aliphatic rings. The van der Waals surface area contributed by atoms with Crippen LogP contribution in [-0.2, 0) is 19.1 Å². The molecule has 10 heteroatoms. The van der Waals surface area contributed by atoms with E-state index in [4.69, 9.17) is 0 Å². The fourth-order valence-corrected chi connectivity index (χ4v) is 2.69. The van der Waals surface area contributed by atoms with E-state index < -0.39 is 5.97 Å². The van der Waals surface area contributed by atoms with Gasteiger partial charge < -0.3 is 15.4 Å². The average molecular weight is 332 g/mol. The van der Waals surface area contributed by atoms with Crippen LogP contribution >= 0.6 is 23.1 Å². The Kier molecular flexibility index (Phi) is 7.69. The Balaban J connectivity index is 2.30. The van der Waals surface area contributed by atoms with Crippen LogP contribution in [0.5, 0.6) is 0 Å². The number of carbonyl (C=O) groups excluding carboxylic acids is 3. The van der Waals surface area contributed by atoms with Gasteiger partial charge in [0.15, 0.2) is 4.34 Å².